The SMILES string of the molecule is Cc1ccc(OCCN(C)CC(=O)NCCc2ccc(F)cc2)cc1. The predicted octanol–water partition coefficient (Wildman–Crippen LogP) is 2.80. The number of hydrogen-bond donors (Lipinski definition) is 1. The van der Waals surface area contributed by atoms with Crippen LogP contribution >= 0.6 is 0 Å². The standard InChI is InChI=1S/C20H25FN2O2/c1-16-3-9-19(10-4-16)25-14-13-23(2)15-20(24)22-12-11-17-5-7-18(21)8-6-17/h3-10H,11-15H2,1-2H3,(H,22,24). The average molecular weight is 344 g/mol. The number of aryl methyl sites for hydroxylation is 1. The molecule has 0 unspecified atom stereocenters. The molecule has 0 bridgehead atoms. The summed E-state index contributed by atoms with van der Waals surface area (Å²) < 4.78 is 18.5. The number of carbonyl (C=O) groups excluding carboxylic acids is 1. The Bertz CT molecular complexity index is 656. The van der Waals surface area contributed by atoms with Gasteiger partial charge in [-0.15, -0.1) is 0 Å². The quantitative estimate of drug-likeness (QED) is 0.761. The number of nitrogens with one attached hydrogen (secondary N) is 1. The van der Waals surface area contributed by atoms with E-state index >= 15 is 0 Å². The van der Waals surface area contributed by atoms with Crippen LogP contribution in [0.2, 0.25) is 0 Å². The van der Waals surface area contributed by atoms with E-state index in [1.807, 2.05) is 43.1 Å². The van der Waals surface area contributed by atoms with Gasteiger partial charge in [0, 0.05) is 13.1 Å². The molecule has 0 aliphatic heterocycles. The fraction of sp³-hybridized carbons (Fsp3) is 0.350. The second-order valence-corrected chi connectivity index (χ2v) is 6.13. The van der Waals surface area contributed by atoms with Gasteiger partial charge in [0.15, 0.2) is 0 Å². The summed E-state index contributed by atoms with van der Waals surface area (Å²) in [6.07, 6.45) is 0.687. The monoisotopic (exact) mass is 344 g/mol. The van der Waals surface area contributed by atoms with Crippen LogP contribution in [0.25, 0.3) is 0 Å². The Hall–Kier alpha value is -2.40. The molecule has 2 rings (SSSR count). The Morgan fingerprint density at radius 3 is 2.48 bits per heavy atom. The Labute approximate surface area is 148 Å². The van der Waals surface area contributed by atoms with Gasteiger partial charge >= 0.3 is 0 Å². The zero-order valence-corrected chi connectivity index (χ0v) is 14.8. The molecule has 0 saturated carbocycles. The number of halogens is 1. The van der Waals surface area contributed by atoms with Crippen LogP contribution in [0.5, 0.6) is 5.75 Å². The second-order valence-electron chi connectivity index (χ2n) is 6.13. The summed E-state index contributed by atoms with van der Waals surface area (Å²) in [6.45, 7) is 4.09. The van der Waals surface area contributed by atoms with Gasteiger partial charge in [-0.25, -0.2) is 4.39 Å². The van der Waals surface area contributed by atoms with E-state index in [1.54, 1.807) is 12.1 Å². The smallest absolute Gasteiger partial charge is 0.234 e. The lowest BCUT2D eigenvalue weighted by molar-refractivity contribution is -0.121. The molecule has 134 valence electrons. The van der Waals surface area contributed by atoms with Gasteiger partial charge in [-0.05, 0) is 50.2 Å². The zero-order valence-electron chi connectivity index (χ0n) is 14.8. The van der Waals surface area contributed by atoms with Crippen LogP contribution in [0.15, 0.2) is 48.5 Å². The third-order valence-electron chi connectivity index (χ3n) is 3.83. The highest BCUT2D eigenvalue weighted by Gasteiger charge is 2.06. The third kappa shape index (κ3) is 7.35. The molecular weight excluding hydrogens is 319 g/mol. The number of amides is 1. The van der Waals surface area contributed by atoms with E-state index in [0.717, 1.165) is 11.3 Å². The number of ether oxygens (including phenoxy) is 1. The van der Waals surface area contributed by atoms with E-state index in [0.29, 0.717) is 32.7 Å². The van der Waals surface area contributed by atoms with Crippen molar-refractivity contribution in [1.29, 1.82) is 0 Å². The molecule has 0 aliphatic carbocycles. The van der Waals surface area contributed by atoms with Gasteiger partial charge in [0.2, 0.25) is 5.91 Å². The molecule has 4 nitrogen and oxygen atoms in total. The van der Waals surface area contributed by atoms with Crippen LogP contribution < -0.4 is 10.1 Å². The summed E-state index contributed by atoms with van der Waals surface area (Å²) >= 11 is 0. The van der Waals surface area contributed by atoms with Crippen molar-refractivity contribution in [3.63, 3.8) is 0 Å². The first kappa shape index (κ1) is 18.9. The lowest BCUT2D eigenvalue weighted by atomic mass is 10.1. The highest BCUT2D eigenvalue weighted by Crippen LogP contribution is 2.11. The van der Waals surface area contributed by atoms with Crippen LogP contribution in [0.1, 0.15) is 11.1 Å². The maximum Gasteiger partial charge on any atom is 0.234 e. The normalized spacial score (nSPS) is 10.7. The summed E-state index contributed by atoms with van der Waals surface area (Å²) in [4.78, 5) is 13.8. The molecule has 0 aromatic heterocycles. The molecule has 25 heavy (non-hydrogen) atoms. The molecule has 1 N–H and O–H groups in total. The number of benzene rings is 2. The van der Waals surface area contributed by atoms with Crippen molar-refractivity contribution in [2.24, 2.45) is 0 Å². The first-order chi connectivity index (χ1) is 12.0. The van der Waals surface area contributed by atoms with E-state index in [-0.39, 0.29) is 11.7 Å². The van der Waals surface area contributed by atoms with Gasteiger partial charge in [-0.1, -0.05) is 29.8 Å². The maximum absolute atomic E-state index is 12.8. The van der Waals surface area contributed by atoms with Crippen molar-refractivity contribution in [3.05, 3.63) is 65.5 Å². The first-order valence-electron chi connectivity index (χ1n) is 8.42. The van der Waals surface area contributed by atoms with Crippen molar-refractivity contribution in [2.45, 2.75) is 13.3 Å². The summed E-state index contributed by atoms with van der Waals surface area (Å²) in [6, 6.07) is 14.2. The summed E-state index contributed by atoms with van der Waals surface area (Å²) in [5.74, 6) is 0.560. The number of hydrogen-bond acceptors (Lipinski definition) is 3. The van der Waals surface area contributed by atoms with E-state index in [9.17, 15) is 9.18 Å². The van der Waals surface area contributed by atoms with E-state index < -0.39 is 0 Å². The van der Waals surface area contributed by atoms with Gasteiger partial charge in [-0.2, -0.15) is 0 Å². The molecule has 0 radical (unpaired) electrons. The molecule has 0 fully saturated rings. The molecular formula is C20H25FN2O2. The number of carbonyl (C=O) groups is 1. The molecule has 5 heteroatoms. The van der Waals surface area contributed by atoms with Crippen LogP contribution in [-0.2, 0) is 11.2 Å². The largest absolute Gasteiger partial charge is 0.492 e. The van der Waals surface area contributed by atoms with Crippen LogP contribution in [-0.4, -0.2) is 44.1 Å². The minimum Gasteiger partial charge on any atom is -0.492 e. The topological polar surface area (TPSA) is 41.6 Å². The van der Waals surface area contributed by atoms with Crippen molar-refractivity contribution in [2.75, 3.05) is 33.3 Å². The number of rotatable bonds is 9. The lowest BCUT2D eigenvalue weighted by Crippen LogP contribution is -2.37. The molecule has 2 aromatic rings. The van der Waals surface area contributed by atoms with Crippen molar-refractivity contribution < 1.29 is 13.9 Å². The minimum absolute atomic E-state index is 0.0278. The second kappa shape index (κ2) is 9.79. The highest BCUT2D eigenvalue weighted by atomic mass is 19.1. The molecule has 0 aliphatic rings. The minimum atomic E-state index is -0.248. The van der Waals surface area contributed by atoms with Crippen molar-refractivity contribution >= 4 is 5.91 Å². The summed E-state index contributed by atoms with van der Waals surface area (Å²) in [5, 5.41) is 2.88. The van der Waals surface area contributed by atoms with Gasteiger partial charge in [-0.3, -0.25) is 9.69 Å². The van der Waals surface area contributed by atoms with Crippen LogP contribution in [0.3, 0.4) is 0 Å². The average Bonchev–Trinajstić information content (AvgIpc) is 2.58. The molecule has 1 amide bonds. The Morgan fingerprint density at radius 2 is 1.80 bits per heavy atom. The summed E-state index contributed by atoms with van der Waals surface area (Å²) in [7, 11) is 1.89. The van der Waals surface area contributed by atoms with E-state index in [4.69, 9.17) is 4.74 Å². The van der Waals surface area contributed by atoms with Gasteiger partial charge in [0.1, 0.15) is 18.2 Å². The predicted molar refractivity (Wildman–Crippen MR) is 97.3 cm³/mol. The fourth-order valence-corrected chi connectivity index (χ4v) is 2.33. The van der Waals surface area contributed by atoms with Gasteiger partial charge in [0.05, 0.1) is 6.54 Å². The van der Waals surface area contributed by atoms with Crippen molar-refractivity contribution in [3.8, 4) is 5.75 Å². The van der Waals surface area contributed by atoms with Crippen molar-refractivity contribution in [1.82, 2.24) is 10.2 Å². The molecule has 0 heterocycles. The molecule has 0 atom stereocenters. The summed E-state index contributed by atoms with van der Waals surface area (Å²) in [5.41, 5.74) is 2.20. The van der Waals surface area contributed by atoms with E-state index in [2.05, 4.69) is 5.32 Å². The van der Waals surface area contributed by atoms with Gasteiger partial charge < -0.3 is 10.1 Å². The van der Waals surface area contributed by atoms with Crippen LogP contribution in [0, 0.1) is 12.7 Å². The molecule has 0 spiro atoms. The first-order valence-corrected chi connectivity index (χ1v) is 8.42. The fourth-order valence-electron chi connectivity index (χ4n) is 2.33. The van der Waals surface area contributed by atoms with Gasteiger partial charge in [0.25, 0.3) is 0 Å². The highest BCUT2D eigenvalue weighted by molar-refractivity contribution is 5.77. The van der Waals surface area contributed by atoms with Crippen LogP contribution in [0.4, 0.5) is 4.39 Å². The maximum atomic E-state index is 12.8. The number of likely N-dealkylation sites (N-methyl/N-ethyl adjacent to an activating group) is 1. The number of nitrogens with zero attached hydrogens (tertiary/aromatic N) is 1. The van der Waals surface area contributed by atoms with E-state index in [1.165, 1.54) is 17.7 Å². The molecule has 2 aromatic carbocycles. The Kier molecular flexibility index (Phi) is 7.41. The molecule has 0 saturated heterocycles. The Balaban J connectivity index is 1.59. The third-order valence-corrected chi connectivity index (χ3v) is 3.83. The Morgan fingerprint density at radius 1 is 1.12 bits per heavy atom. The zero-order chi connectivity index (χ0) is 18.1. The lowest BCUT2D eigenvalue weighted by Gasteiger charge is -2.16.